The Labute approximate surface area is 94.8 Å². The van der Waals surface area contributed by atoms with Crippen LogP contribution < -0.4 is 5.73 Å². The predicted octanol–water partition coefficient (Wildman–Crippen LogP) is 1.13. The Morgan fingerprint density at radius 3 is 3.25 bits per heavy atom. The van der Waals surface area contributed by atoms with Crippen LogP contribution in [0.4, 0.5) is 0 Å². The van der Waals surface area contributed by atoms with E-state index in [1.54, 1.807) is 6.20 Å². The zero-order valence-electron chi connectivity index (χ0n) is 9.40. The van der Waals surface area contributed by atoms with Crippen molar-refractivity contribution < 1.29 is 9.53 Å². The predicted molar refractivity (Wildman–Crippen MR) is 59.7 cm³/mol. The Bertz CT molecular complexity index is 406. The van der Waals surface area contributed by atoms with Gasteiger partial charge in [-0.1, -0.05) is 0 Å². The van der Waals surface area contributed by atoms with E-state index in [9.17, 15) is 4.79 Å². The first-order valence-electron chi connectivity index (χ1n) is 5.45. The zero-order chi connectivity index (χ0) is 11.6. The molecule has 1 aromatic heterocycles. The molecule has 0 amide bonds. The summed E-state index contributed by atoms with van der Waals surface area (Å²) in [6.45, 7) is 0. The van der Waals surface area contributed by atoms with Crippen molar-refractivity contribution in [3.63, 3.8) is 0 Å². The van der Waals surface area contributed by atoms with Gasteiger partial charge in [0.1, 0.15) is 0 Å². The molecule has 0 spiro atoms. The molecule has 0 aromatic carbocycles. The van der Waals surface area contributed by atoms with Gasteiger partial charge in [0, 0.05) is 12.4 Å². The average Bonchev–Trinajstić information content (AvgIpc) is 2.29. The molecule has 4 nitrogen and oxygen atoms in total. The maximum atomic E-state index is 11.4. The van der Waals surface area contributed by atoms with E-state index in [0.717, 1.165) is 30.4 Å². The monoisotopic (exact) mass is 220 g/mol. The number of methoxy groups -OCH3 is 1. The fourth-order valence-electron chi connectivity index (χ4n) is 2.35. The zero-order valence-corrected chi connectivity index (χ0v) is 9.40. The first-order chi connectivity index (χ1) is 7.65. The smallest absolute Gasteiger partial charge is 0.307 e. The molecule has 4 heteroatoms. The number of rotatable bonds is 2. The number of hydrogen-bond acceptors (Lipinski definition) is 4. The van der Waals surface area contributed by atoms with Gasteiger partial charge in [0.05, 0.1) is 19.1 Å². The number of fused-ring (bicyclic) bond motifs is 1. The third kappa shape index (κ3) is 1.93. The molecular weight excluding hydrogens is 204 g/mol. The third-order valence-electron chi connectivity index (χ3n) is 3.20. The van der Waals surface area contributed by atoms with Gasteiger partial charge in [-0.2, -0.15) is 0 Å². The Balaban J connectivity index is 2.32. The van der Waals surface area contributed by atoms with E-state index in [-0.39, 0.29) is 12.4 Å². The van der Waals surface area contributed by atoms with Crippen LogP contribution in [0, 0.1) is 0 Å². The van der Waals surface area contributed by atoms with Gasteiger partial charge >= 0.3 is 5.97 Å². The van der Waals surface area contributed by atoms with Crippen LogP contribution in [0.1, 0.15) is 30.4 Å². The molecular formula is C12H16N2O2. The summed E-state index contributed by atoms with van der Waals surface area (Å²) < 4.78 is 4.70. The molecule has 2 N–H and O–H groups in total. The summed E-state index contributed by atoms with van der Waals surface area (Å²) in [4.78, 5) is 15.5. The molecule has 1 unspecified atom stereocenters. The molecule has 0 saturated carbocycles. The summed E-state index contributed by atoms with van der Waals surface area (Å²) in [6, 6.07) is 1.91. The van der Waals surface area contributed by atoms with Crippen LogP contribution in [-0.2, 0) is 21.5 Å². The molecule has 0 aliphatic heterocycles. The molecule has 1 aliphatic carbocycles. The van der Waals surface area contributed by atoms with E-state index in [4.69, 9.17) is 10.5 Å². The fourth-order valence-corrected chi connectivity index (χ4v) is 2.35. The van der Waals surface area contributed by atoms with Gasteiger partial charge in [-0.25, -0.2) is 0 Å². The molecule has 0 bridgehead atoms. The van der Waals surface area contributed by atoms with Crippen LogP contribution in [0.25, 0.3) is 0 Å². The summed E-state index contributed by atoms with van der Waals surface area (Å²) in [5.41, 5.74) is 7.93. The highest BCUT2D eigenvalue weighted by atomic mass is 16.5. The number of ether oxygens (including phenoxy) is 1. The van der Waals surface area contributed by atoms with Gasteiger partial charge in [0.15, 0.2) is 0 Å². The number of carbonyl (C=O) groups excluding carboxylic acids is 1. The number of pyridine rings is 1. The van der Waals surface area contributed by atoms with E-state index in [0.29, 0.717) is 0 Å². The molecule has 1 atom stereocenters. The van der Waals surface area contributed by atoms with E-state index in [1.807, 2.05) is 12.3 Å². The second-order valence-corrected chi connectivity index (χ2v) is 4.30. The molecule has 0 fully saturated rings. The third-order valence-corrected chi connectivity index (χ3v) is 3.20. The van der Waals surface area contributed by atoms with Gasteiger partial charge in [-0.15, -0.1) is 0 Å². The Morgan fingerprint density at radius 2 is 2.50 bits per heavy atom. The van der Waals surface area contributed by atoms with E-state index >= 15 is 0 Å². The fraction of sp³-hybridized carbons (Fsp3) is 0.500. The first-order valence-corrected chi connectivity index (χ1v) is 5.45. The van der Waals surface area contributed by atoms with Gasteiger partial charge in [-0.05, 0) is 36.5 Å². The van der Waals surface area contributed by atoms with Crippen LogP contribution in [0.15, 0.2) is 18.5 Å². The summed E-state index contributed by atoms with van der Waals surface area (Å²) in [6.07, 6.45) is 6.60. The number of carbonyl (C=O) groups is 1. The highest BCUT2D eigenvalue weighted by Crippen LogP contribution is 2.35. The highest BCUT2D eigenvalue weighted by Gasteiger charge is 2.35. The number of aromatic nitrogens is 1. The van der Waals surface area contributed by atoms with Crippen molar-refractivity contribution in [2.24, 2.45) is 5.73 Å². The Kier molecular flexibility index (Phi) is 2.92. The summed E-state index contributed by atoms with van der Waals surface area (Å²) in [7, 11) is 1.39. The Morgan fingerprint density at radius 1 is 1.69 bits per heavy atom. The number of nitrogens with two attached hydrogens (primary N) is 1. The topological polar surface area (TPSA) is 65.2 Å². The van der Waals surface area contributed by atoms with Gasteiger partial charge in [0.25, 0.3) is 0 Å². The van der Waals surface area contributed by atoms with Crippen molar-refractivity contribution in [1.29, 1.82) is 0 Å². The second-order valence-electron chi connectivity index (χ2n) is 4.30. The van der Waals surface area contributed by atoms with Crippen LogP contribution in [0.2, 0.25) is 0 Å². The van der Waals surface area contributed by atoms with E-state index in [2.05, 4.69) is 4.98 Å². The molecule has 0 saturated heterocycles. The van der Waals surface area contributed by atoms with E-state index in [1.165, 1.54) is 7.11 Å². The minimum Gasteiger partial charge on any atom is -0.469 e. The van der Waals surface area contributed by atoms with Gasteiger partial charge in [-0.3, -0.25) is 9.78 Å². The average molecular weight is 220 g/mol. The van der Waals surface area contributed by atoms with Crippen molar-refractivity contribution >= 4 is 5.97 Å². The first kappa shape index (κ1) is 11.1. The van der Waals surface area contributed by atoms with Gasteiger partial charge < -0.3 is 10.5 Å². The quantitative estimate of drug-likeness (QED) is 0.759. The lowest BCUT2D eigenvalue weighted by molar-refractivity contribution is -0.142. The molecule has 0 radical (unpaired) electrons. The number of nitrogens with zero attached hydrogens (tertiary/aromatic N) is 1. The maximum Gasteiger partial charge on any atom is 0.307 e. The SMILES string of the molecule is COC(=O)CC1(N)CCCc2cnccc21. The van der Waals surface area contributed by atoms with Crippen molar-refractivity contribution in [1.82, 2.24) is 4.98 Å². The van der Waals surface area contributed by atoms with Crippen LogP contribution >= 0.6 is 0 Å². The van der Waals surface area contributed by atoms with Crippen molar-refractivity contribution in [2.45, 2.75) is 31.2 Å². The molecule has 86 valence electrons. The normalized spacial score (nSPS) is 23.6. The van der Waals surface area contributed by atoms with Crippen molar-refractivity contribution in [2.75, 3.05) is 7.11 Å². The summed E-state index contributed by atoms with van der Waals surface area (Å²) in [5, 5.41) is 0. The molecule has 1 aromatic rings. The van der Waals surface area contributed by atoms with Crippen LogP contribution in [0.5, 0.6) is 0 Å². The van der Waals surface area contributed by atoms with Gasteiger partial charge in [0.2, 0.25) is 0 Å². The lowest BCUT2D eigenvalue weighted by Gasteiger charge is -2.34. The summed E-state index contributed by atoms with van der Waals surface area (Å²) in [5.74, 6) is -0.257. The lowest BCUT2D eigenvalue weighted by atomic mass is 9.76. The molecule has 2 rings (SSSR count). The molecule has 1 aliphatic rings. The number of hydrogen-bond donors (Lipinski definition) is 1. The standard InChI is InChI=1S/C12H16N2O2/c1-16-11(15)7-12(13)5-2-3-9-8-14-6-4-10(9)12/h4,6,8H,2-3,5,7,13H2,1H3. The largest absolute Gasteiger partial charge is 0.469 e. The van der Waals surface area contributed by atoms with Crippen molar-refractivity contribution in [3.05, 3.63) is 29.6 Å². The van der Waals surface area contributed by atoms with Crippen LogP contribution in [0.3, 0.4) is 0 Å². The minimum atomic E-state index is -0.580. The Hall–Kier alpha value is -1.42. The van der Waals surface area contributed by atoms with Crippen molar-refractivity contribution in [3.8, 4) is 0 Å². The number of aryl methyl sites for hydroxylation is 1. The summed E-state index contributed by atoms with van der Waals surface area (Å²) >= 11 is 0. The highest BCUT2D eigenvalue weighted by molar-refractivity contribution is 5.71. The lowest BCUT2D eigenvalue weighted by Crippen LogP contribution is -2.42. The van der Waals surface area contributed by atoms with E-state index < -0.39 is 5.54 Å². The van der Waals surface area contributed by atoms with Crippen LogP contribution in [-0.4, -0.2) is 18.1 Å². The number of esters is 1. The maximum absolute atomic E-state index is 11.4. The molecule has 1 heterocycles. The minimum absolute atomic E-state index is 0.237. The molecule has 16 heavy (non-hydrogen) atoms. The second kappa shape index (κ2) is 4.22.